The number of amides is 1. The van der Waals surface area contributed by atoms with E-state index in [1.807, 2.05) is 38.1 Å². The van der Waals surface area contributed by atoms with Crippen molar-refractivity contribution in [2.45, 2.75) is 39.3 Å². The highest BCUT2D eigenvalue weighted by Crippen LogP contribution is 2.27. The lowest BCUT2D eigenvalue weighted by Gasteiger charge is -2.14. The van der Waals surface area contributed by atoms with Crippen LogP contribution in [0.5, 0.6) is 5.75 Å². The van der Waals surface area contributed by atoms with E-state index < -0.39 is 0 Å². The van der Waals surface area contributed by atoms with Crippen LogP contribution in [-0.2, 0) is 11.3 Å². The maximum atomic E-state index is 11.7. The summed E-state index contributed by atoms with van der Waals surface area (Å²) < 4.78 is 5.73. The number of carbonyl (C=O) groups is 1. The minimum atomic E-state index is 0. The van der Waals surface area contributed by atoms with Gasteiger partial charge in [0.25, 0.3) is 0 Å². The fourth-order valence-electron chi connectivity index (χ4n) is 1.99. The van der Waals surface area contributed by atoms with Gasteiger partial charge >= 0.3 is 0 Å². The highest BCUT2D eigenvalue weighted by Gasteiger charge is 2.20. The standard InChI is InChI=1S/C16H24N2O2.ClH/c1-12(2)20-15-6-4-3-5-14(15)10-18-16(19)11-17-9-13-7-8-13;/h3-6,12-13,17H,7-11H2,1-2H3,(H,18,19);1H. The first-order valence-corrected chi connectivity index (χ1v) is 7.37. The van der Waals surface area contributed by atoms with E-state index in [2.05, 4.69) is 10.6 Å². The van der Waals surface area contributed by atoms with E-state index in [0.29, 0.717) is 13.1 Å². The van der Waals surface area contributed by atoms with Gasteiger partial charge in [-0.1, -0.05) is 18.2 Å². The van der Waals surface area contributed by atoms with Crippen molar-refractivity contribution in [1.29, 1.82) is 0 Å². The molecule has 0 spiro atoms. The minimum Gasteiger partial charge on any atom is -0.491 e. The lowest BCUT2D eigenvalue weighted by Crippen LogP contribution is -2.34. The average molecular weight is 313 g/mol. The van der Waals surface area contributed by atoms with Gasteiger partial charge in [-0.3, -0.25) is 4.79 Å². The van der Waals surface area contributed by atoms with E-state index >= 15 is 0 Å². The number of hydrogen-bond donors (Lipinski definition) is 2. The summed E-state index contributed by atoms with van der Waals surface area (Å²) in [6.45, 7) is 5.85. The van der Waals surface area contributed by atoms with Crippen molar-refractivity contribution in [1.82, 2.24) is 10.6 Å². The van der Waals surface area contributed by atoms with E-state index in [1.54, 1.807) is 0 Å². The van der Waals surface area contributed by atoms with Crippen molar-refractivity contribution in [3.8, 4) is 5.75 Å². The van der Waals surface area contributed by atoms with Crippen molar-refractivity contribution in [3.05, 3.63) is 29.8 Å². The van der Waals surface area contributed by atoms with Crippen LogP contribution >= 0.6 is 12.4 Å². The molecule has 0 heterocycles. The van der Waals surface area contributed by atoms with Crippen LogP contribution in [0.1, 0.15) is 32.3 Å². The molecule has 1 fully saturated rings. The quantitative estimate of drug-likeness (QED) is 0.775. The molecule has 2 N–H and O–H groups in total. The molecule has 0 unspecified atom stereocenters. The first kappa shape index (κ1) is 17.8. The van der Waals surface area contributed by atoms with Crippen molar-refractivity contribution >= 4 is 18.3 Å². The second-order valence-electron chi connectivity index (χ2n) is 5.63. The van der Waals surface area contributed by atoms with Crippen LogP contribution < -0.4 is 15.4 Å². The Bertz CT molecular complexity index is 448. The molecule has 21 heavy (non-hydrogen) atoms. The molecule has 0 bridgehead atoms. The fraction of sp³-hybridized carbons (Fsp3) is 0.562. The third kappa shape index (κ3) is 6.82. The van der Waals surface area contributed by atoms with Gasteiger partial charge in [0, 0.05) is 12.1 Å². The number of halogens is 1. The lowest BCUT2D eigenvalue weighted by molar-refractivity contribution is -0.120. The van der Waals surface area contributed by atoms with Gasteiger partial charge in [0.2, 0.25) is 5.91 Å². The Kier molecular flexibility index (Phi) is 7.54. The van der Waals surface area contributed by atoms with E-state index in [-0.39, 0.29) is 24.4 Å². The number of carbonyl (C=O) groups excluding carboxylic acids is 1. The van der Waals surface area contributed by atoms with E-state index in [4.69, 9.17) is 4.74 Å². The number of benzene rings is 1. The zero-order valence-corrected chi connectivity index (χ0v) is 13.5. The van der Waals surface area contributed by atoms with Crippen LogP contribution in [0, 0.1) is 5.92 Å². The number of ether oxygens (including phenoxy) is 1. The normalized spacial score (nSPS) is 13.7. The highest BCUT2D eigenvalue weighted by molar-refractivity contribution is 5.85. The predicted octanol–water partition coefficient (Wildman–Crippen LogP) is 2.51. The molecule has 1 aliphatic rings. The monoisotopic (exact) mass is 312 g/mol. The third-order valence-corrected chi connectivity index (χ3v) is 3.23. The van der Waals surface area contributed by atoms with Crippen molar-refractivity contribution < 1.29 is 9.53 Å². The maximum absolute atomic E-state index is 11.7. The van der Waals surface area contributed by atoms with Crippen LogP contribution in [0.4, 0.5) is 0 Å². The Morgan fingerprint density at radius 3 is 2.71 bits per heavy atom. The zero-order valence-electron chi connectivity index (χ0n) is 12.7. The highest BCUT2D eigenvalue weighted by atomic mass is 35.5. The topological polar surface area (TPSA) is 50.4 Å². The molecule has 1 amide bonds. The van der Waals surface area contributed by atoms with Crippen LogP contribution in [0.15, 0.2) is 24.3 Å². The molecular weight excluding hydrogens is 288 g/mol. The molecule has 0 aliphatic heterocycles. The first-order valence-electron chi connectivity index (χ1n) is 7.37. The molecular formula is C16H25ClN2O2. The molecule has 5 heteroatoms. The second kappa shape index (κ2) is 8.90. The summed E-state index contributed by atoms with van der Waals surface area (Å²) in [5.41, 5.74) is 1.01. The maximum Gasteiger partial charge on any atom is 0.234 e. The van der Waals surface area contributed by atoms with Crippen LogP contribution in [0.25, 0.3) is 0 Å². The van der Waals surface area contributed by atoms with E-state index in [1.165, 1.54) is 12.8 Å². The summed E-state index contributed by atoms with van der Waals surface area (Å²) in [6, 6.07) is 7.82. The summed E-state index contributed by atoms with van der Waals surface area (Å²) >= 11 is 0. The number of hydrogen-bond acceptors (Lipinski definition) is 3. The van der Waals surface area contributed by atoms with Gasteiger partial charge in [-0.2, -0.15) is 0 Å². The van der Waals surface area contributed by atoms with Crippen LogP contribution in [0.2, 0.25) is 0 Å². The molecule has 2 rings (SSSR count). The summed E-state index contributed by atoms with van der Waals surface area (Å²) in [7, 11) is 0. The number of rotatable bonds is 8. The third-order valence-electron chi connectivity index (χ3n) is 3.23. The minimum absolute atomic E-state index is 0. The Balaban J connectivity index is 0.00000220. The van der Waals surface area contributed by atoms with E-state index in [0.717, 1.165) is 23.8 Å². The smallest absolute Gasteiger partial charge is 0.234 e. The SMILES string of the molecule is CC(C)Oc1ccccc1CNC(=O)CNCC1CC1.Cl. The fourth-order valence-corrected chi connectivity index (χ4v) is 1.99. The largest absolute Gasteiger partial charge is 0.491 e. The average Bonchev–Trinajstić information content (AvgIpc) is 3.21. The molecule has 1 aromatic carbocycles. The number of para-hydroxylation sites is 1. The summed E-state index contributed by atoms with van der Waals surface area (Å²) in [4.78, 5) is 11.7. The predicted molar refractivity (Wildman–Crippen MR) is 86.9 cm³/mol. The Labute approximate surface area is 133 Å². The van der Waals surface area contributed by atoms with Gasteiger partial charge in [0.1, 0.15) is 5.75 Å². The Morgan fingerprint density at radius 1 is 1.33 bits per heavy atom. The van der Waals surface area contributed by atoms with Gasteiger partial charge in [0.15, 0.2) is 0 Å². The van der Waals surface area contributed by atoms with Crippen molar-refractivity contribution in [3.63, 3.8) is 0 Å². The van der Waals surface area contributed by atoms with Crippen LogP contribution in [0.3, 0.4) is 0 Å². The van der Waals surface area contributed by atoms with Gasteiger partial charge in [0.05, 0.1) is 12.6 Å². The van der Waals surface area contributed by atoms with Gasteiger partial charge in [-0.25, -0.2) is 0 Å². The molecule has 0 saturated heterocycles. The molecule has 1 saturated carbocycles. The molecule has 0 aromatic heterocycles. The molecule has 4 nitrogen and oxygen atoms in total. The Hall–Kier alpha value is -1.26. The van der Waals surface area contributed by atoms with Gasteiger partial charge in [-0.05, 0) is 45.2 Å². The van der Waals surface area contributed by atoms with Crippen molar-refractivity contribution in [2.75, 3.05) is 13.1 Å². The second-order valence-corrected chi connectivity index (χ2v) is 5.63. The Morgan fingerprint density at radius 2 is 2.05 bits per heavy atom. The zero-order chi connectivity index (χ0) is 14.4. The van der Waals surface area contributed by atoms with Crippen LogP contribution in [-0.4, -0.2) is 25.1 Å². The number of nitrogens with one attached hydrogen (secondary N) is 2. The summed E-state index contributed by atoms with van der Waals surface area (Å²) in [5, 5.41) is 6.11. The molecule has 1 aliphatic carbocycles. The molecule has 118 valence electrons. The van der Waals surface area contributed by atoms with Gasteiger partial charge in [-0.15, -0.1) is 12.4 Å². The molecule has 1 aromatic rings. The summed E-state index contributed by atoms with van der Waals surface area (Å²) in [5.74, 6) is 1.67. The van der Waals surface area contributed by atoms with Crippen molar-refractivity contribution in [2.24, 2.45) is 5.92 Å². The van der Waals surface area contributed by atoms with Gasteiger partial charge < -0.3 is 15.4 Å². The molecule has 0 radical (unpaired) electrons. The summed E-state index contributed by atoms with van der Waals surface area (Å²) in [6.07, 6.45) is 2.73. The molecule has 0 atom stereocenters. The van der Waals surface area contributed by atoms with E-state index in [9.17, 15) is 4.79 Å². The lowest BCUT2D eigenvalue weighted by atomic mass is 10.2. The first-order chi connectivity index (χ1) is 9.65.